The zero-order valence-electron chi connectivity index (χ0n) is 11.1. The van der Waals surface area contributed by atoms with Crippen molar-refractivity contribution in [3.05, 3.63) is 21.9 Å². The molecule has 3 heterocycles. The highest BCUT2D eigenvalue weighted by Gasteiger charge is 2.24. The van der Waals surface area contributed by atoms with Gasteiger partial charge in [0.25, 0.3) is 0 Å². The summed E-state index contributed by atoms with van der Waals surface area (Å²) in [5.74, 6) is 0.501. The second-order valence-corrected chi connectivity index (χ2v) is 6.28. The first-order valence-electron chi connectivity index (χ1n) is 6.99. The molecule has 2 saturated heterocycles. The summed E-state index contributed by atoms with van der Waals surface area (Å²) >= 11 is 1.79. The van der Waals surface area contributed by atoms with Crippen LogP contribution in [0.4, 0.5) is 0 Å². The average molecular weight is 283 g/mol. The Morgan fingerprint density at radius 3 is 2.68 bits per heavy atom. The first-order chi connectivity index (χ1) is 9.36. The molecule has 2 aliphatic rings. The average Bonchev–Trinajstić information content (AvgIpc) is 3.10. The highest BCUT2D eigenvalue weighted by molar-refractivity contribution is 7.10. The summed E-state index contributed by atoms with van der Waals surface area (Å²) in [6, 6.07) is 2.12. The lowest BCUT2D eigenvalue weighted by atomic mass is 9.98. The Bertz CT molecular complexity index is 395. The Labute approximate surface area is 117 Å². The second kappa shape index (κ2) is 6.33. The molecule has 0 aliphatic carbocycles. The van der Waals surface area contributed by atoms with Gasteiger partial charge in [-0.1, -0.05) is 0 Å². The SMILES string of the molecule is OCC1CCN(Cc2sccc2C2OCCO2)CC1. The third-order valence-corrected chi connectivity index (χ3v) is 4.91. The summed E-state index contributed by atoms with van der Waals surface area (Å²) < 4.78 is 11.2. The molecule has 0 aromatic carbocycles. The van der Waals surface area contributed by atoms with Gasteiger partial charge in [0.05, 0.1) is 13.2 Å². The van der Waals surface area contributed by atoms with Crippen LogP contribution in [0.15, 0.2) is 11.4 Å². The molecule has 0 spiro atoms. The predicted molar refractivity (Wildman–Crippen MR) is 74.1 cm³/mol. The number of likely N-dealkylation sites (tertiary alicyclic amines) is 1. The molecule has 0 atom stereocenters. The molecule has 0 unspecified atom stereocenters. The summed E-state index contributed by atoms with van der Waals surface area (Å²) in [6.07, 6.45) is 2.05. The first kappa shape index (κ1) is 13.5. The molecular formula is C14H21NO3S. The van der Waals surface area contributed by atoms with Crippen LogP contribution in [0.5, 0.6) is 0 Å². The molecule has 4 nitrogen and oxygen atoms in total. The summed E-state index contributed by atoms with van der Waals surface area (Å²) in [7, 11) is 0. The van der Waals surface area contributed by atoms with E-state index in [1.54, 1.807) is 11.3 Å². The molecule has 1 aromatic rings. The van der Waals surface area contributed by atoms with Gasteiger partial charge in [-0.05, 0) is 43.3 Å². The van der Waals surface area contributed by atoms with Crippen LogP contribution >= 0.6 is 11.3 Å². The van der Waals surface area contributed by atoms with Crippen molar-refractivity contribution in [3.63, 3.8) is 0 Å². The fourth-order valence-corrected chi connectivity index (χ4v) is 3.69. The summed E-state index contributed by atoms with van der Waals surface area (Å²) in [4.78, 5) is 3.82. The van der Waals surface area contributed by atoms with Gasteiger partial charge in [0.2, 0.25) is 0 Å². The van der Waals surface area contributed by atoms with Crippen molar-refractivity contribution in [2.75, 3.05) is 32.9 Å². The van der Waals surface area contributed by atoms with E-state index in [-0.39, 0.29) is 6.29 Å². The van der Waals surface area contributed by atoms with Gasteiger partial charge in [-0.2, -0.15) is 0 Å². The maximum absolute atomic E-state index is 9.17. The Morgan fingerprint density at radius 2 is 2.00 bits per heavy atom. The van der Waals surface area contributed by atoms with Gasteiger partial charge in [0, 0.05) is 23.6 Å². The molecule has 0 bridgehead atoms. The molecule has 3 rings (SSSR count). The minimum absolute atomic E-state index is 0.156. The van der Waals surface area contributed by atoms with E-state index in [2.05, 4.69) is 16.3 Å². The molecular weight excluding hydrogens is 262 g/mol. The van der Waals surface area contributed by atoms with E-state index in [1.165, 1.54) is 10.4 Å². The molecule has 0 radical (unpaired) electrons. The van der Waals surface area contributed by atoms with Crippen molar-refractivity contribution in [1.29, 1.82) is 0 Å². The van der Waals surface area contributed by atoms with Crippen molar-refractivity contribution in [2.45, 2.75) is 25.7 Å². The first-order valence-corrected chi connectivity index (χ1v) is 7.87. The largest absolute Gasteiger partial charge is 0.396 e. The van der Waals surface area contributed by atoms with Crippen molar-refractivity contribution in [3.8, 4) is 0 Å². The molecule has 0 saturated carbocycles. The van der Waals surface area contributed by atoms with Crippen molar-refractivity contribution >= 4 is 11.3 Å². The number of hydrogen-bond acceptors (Lipinski definition) is 5. The highest BCUT2D eigenvalue weighted by atomic mass is 32.1. The monoisotopic (exact) mass is 283 g/mol. The maximum atomic E-state index is 9.17. The molecule has 19 heavy (non-hydrogen) atoms. The third-order valence-electron chi connectivity index (χ3n) is 3.99. The normalized spacial score (nSPS) is 23.2. The maximum Gasteiger partial charge on any atom is 0.185 e. The van der Waals surface area contributed by atoms with E-state index in [9.17, 15) is 5.11 Å². The van der Waals surface area contributed by atoms with E-state index in [0.717, 1.165) is 32.5 Å². The fraction of sp³-hybridized carbons (Fsp3) is 0.714. The van der Waals surface area contributed by atoms with Crippen LogP contribution in [0, 0.1) is 5.92 Å². The van der Waals surface area contributed by atoms with Gasteiger partial charge < -0.3 is 14.6 Å². The number of thiophene rings is 1. The molecule has 1 aromatic heterocycles. The quantitative estimate of drug-likeness (QED) is 0.917. The summed E-state index contributed by atoms with van der Waals surface area (Å²) in [6.45, 7) is 4.86. The summed E-state index contributed by atoms with van der Waals surface area (Å²) in [5, 5.41) is 11.3. The van der Waals surface area contributed by atoms with Crippen LogP contribution in [0.1, 0.15) is 29.6 Å². The number of rotatable bonds is 4. The van der Waals surface area contributed by atoms with Crippen LogP contribution in [0.3, 0.4) is 0 Å². The van der Waals surface area contributed by atoms with Crippen molar-refractivity contribution < 1.29 is 14.6 Å². The zero-order chi connectivity index (χ0) is 13.1. The number of aliphatic hydroxyl groups excluding tert-OH is 1. The molecule has 2 aliphatic heterocycles. The van der Waals surface area contributed by atoms with E-state index in [0.29, 0.717) is 25.7 Å². The zero-order valence-corrected chi connectivity index (χ0v) is 11.9. The Hall–Kier alpha value is -0.460. The minimum Gasteiger partial charge on any atom is -0.396 e. The van der Waals surface area contributed by atoms with Crippen LogP contribution in [-0.4, -0.2) is 42.9 Å². The van der Waals surface area contributed by atoms with E-state index >= 15 is 0 Å². The summed E-state index contributed by atoms with van der Waals surface area (Å²) in [5.41, 5.74) is 1.20. The lowest BCUT2D eigenvalue weighted by molar-refractivity contribution is -0.0447. The lowest BCUT2D eigenvalue weighted by Crippen LogP contribution is -2.34. The smallest absolute Gasteiger partial charge is 0.185 e. The van der Waals surface area contributed by atoms with Crippen LogP contribution in [-0.2, 0) is 16.0 Å². The number of hydrogen-bond donors (Lipinski definition) is 1. The van der Waals surface area contributed by atoms with E-state index < -0.39 is 0 Å². The number of ether oxygens (including phenoxy) is 2. The standard InChI is InChI=1S/C14H21NO3S/c16-10-11-1-4-15(5-2-11)9-13-12(3-8-19-13)14-17-6-7-18-14/h3,8,11,14,16H,1-2,4-7,9-10H2. The van der Waals surface area contributed by atoms with E-state index in [4.69, 9.17) is 9.47 Å². The Morgan fingerprint density at radius 1 is 1.26 bits per heavy atom. The molecule has 106 valence electrons. The van der Waals surface area contributed by atoms with Gasteiger partial charge in [-0.3, -0.25) is 4.90 Å². The van der Waals surface area contributed by atoms with Crippen molar-refractivity contribution in [2.24, 2.45) is 5.92 Å². The van der Waals surface area contributed by atoms with Gasteiger partial charge >= 0.3 is 0 Å². The van der Waals surface area contributed by atoms with Crippen molar-refractivity contribution in [1.82, 2.24) is 4.90 Å². The molecule has 1 N–H and O–H groups in total. The minimum atomic E-state index is -0.156. The molecule has 5 heteroatoms. The second-order valence-electron chi connectivity index (χ2n) is 5.27. The Kier molecular flexibility index (Phi) is 4.50. The van der Waals surface area contributed by atoms with Gasteiger partial charge in [0.15, 0.2) is 6.29 Å². The fourth-order valence-electron chi connectivity index (χ4n) is 2.76. The van der Waals surface area contributed by atoms with E-state index in [1.807, 2.05) is 0 Å². The van der Waals surface area contributed by atoms with Gasteiger partial charge in [0.1, 0.15) is 0 Å². The van der Waals surface area contributed by atoms with Gasteiger partial charge in [-0.25, -0.2) is 0 Å². The topological polar surface area (TPSA) is 41.9 Å². The van der Waals surface area contributed by atoms with Crippen LogP contribution < -0.4 is 0 Å². The lowest BCUT2D eigenvalue weighted by Gasteiger charge is -2.31. The van der Waals surface area contributed by atoms with Crippen LogP contribution in [0.2, 0.25) is 0 Å². The predicted octanol–water partition coefficient (Wildman–Crippen LogP) is 2.00. The number of piperidine rings is 1. The number of aliphatic hydroxyl groups is 1. The molecule has 2 fully saturated rings. The highest BCUT2D eigenvalue weighted by Crippen LogP contribution is 2.31. The van der Waals surface area contributed by atoms with Gasteiger partial charge in [-0.15, -0.1) is 11.3 Å². The van der Waals surface area contributed by atoms with Crippen LogP contribution in [0.25, 0.3) is 0 Å². The Balaban J connectivity index is 1.59. The number of nitrogens with zero attached hydrogens (tertiary/aromatic N) is 1. The third kappa shape index (κ3) is 3.17. The molecule has 0 amide bonds.